The minimum atomic E-state index is 0.635. The van der Waals surface area contributed by atoms with Gasteiger partial charge in [0.2, 0.25) is 0 Å². The summed E-state index contributed by atoms with van der Waals surface area (Å²) in [7, 11) is 0. The maximum Gasteiger partial charge on any atom is 0.0302 e. The average Bonchev–Trinajstić information content (AvgIpc) is 2.52. The lowest BCUT2D eigenvalue weighted by Crippen LogP contribution is -2.32. The lowest BCUT2D eigenvalue weighted by molar-refractivity contribution is 0.389. The zero-order valence-corrected chi connectivity index (χ0v) is 11.4. The molecule has 0 aliphatic heterocycles. The van der Waals surface area contributed by atoms with Gasteiger partial charge in [-0.15, -0.1) is 11.3 Å². The summed E-state index contributed by atoms with van der Waals surface area (Å²) in [6.45, 7) is 7.77. The first-order valence-corrected chi connectivity index (χ1v) is 6.77. The maximum absolute atomic E-state index is 3.59. The molecule has 0 radical (unpaired) electrons. The van der Waals surface area contributed by atoms with Crippen LogP contribution in [-0.2, 0) is 6.54 Å². The van der Waals surface area contributed by atoms with Crippen LogP contribution in [0.15, 0.2) is 15.9 Å². The van der Waals surface area contributed by atoms with Gasteiger partial charge in [0.15, 0.2) is 0 Å². The Morgan fingerprint density at radius 2 is 2.21 bits per heavy atom. The number of rotatable bonds is 5. The minimum absolute atomic E-state index is 0.635. The molecule has 1 rings (SSSR count). The van der Waals surface area contributed by atoms with Crippen LogP contribution in [0.1, 0.15) is 32.1 Å². The highest BCUT2D eigenvalue weighted by Gasteiger charge is 2.10. The molecular weight excluding hydrogens is 258 g/mol. The lowest BCUT2D eigenvalue weighted by Gasteiger charge is -2.20. The van der Waals surface area contributed by atoms with Crippen LogP contribution >= 0.6 is 27.3 Å². The molecule has 0 saturated heterocycles. The third kappa shape index (κ3) is 3.71. The Bertz CT molecular complexity index is 270. The van der Waals surface area contributed by atoms with Gasteiger partial charge in [0, 0.05) is 27.3 Å². The van der Waals surface area contributed by atoms with Crippen LogP contribution in [0.2, 0.25) is 0 Å². The van der Waals surface area contributed by atoms with Crippen LogP contribution in [0.25, 0.3) is 0 Å². The fraction of sp³-hybridized carbons (Fsp3) is 0.636. The normalized spacial score (nSPS) is 13.5. The fourth-order valence-corrected chi connectivity index (χ4v) is 2.93. The Kier molecular flexibility index (Phi) is 5.13. The van der Waals surface area contributed by atoms with E-state index in [-0.39, 0.29) is 0 Å². The number of thiophene rings is 1. The van der Waals surface area contributed by atoms with Crippen LogP contribution in [0.5, 0.6) is 0 Å². The van der Waals surface area contributed by atoms with Gasteiger partial charge in [-0.3, -0.25) is 0 Å². The van der Waals surface area contributed by atoms with Gasteiger partial charge in [-0.2, -0.15) is 0 Å². The van der Waals surface area contributed by atoms with E-state index >= 15 is 0 Å². The molecule has 0 aromatic carbocycles. The van der Waals surface area contributed by atoms with Crippen molar-refractivity contribution in [3.63, 3.8) is 0 Å². The predicted molar refractivity (Wildman–Crippen MR) is 67.8 cm³/mol. The van der Waals surface area contributed by atoms with Crippen molar-refractivity contribution in [1.82, 2.24) is 5.32 Å². The maximum atomic E-state index is 3.59. The van der Waals surface area contributed by atoms with E-state index in [4.69, 9.17) is 0 Å². The zero-order chi connectivity index (χ0) is 10.6. The van der Waals surface area contributed by atoms with Gasteiger partial charge in [0.1, 0.15) is 0 Å². The molecule has 3 heteroatoms. The van der Waals surface area contributed by atoms with Gasteiger partial charge in [0.05, 0.1) is 0 Å². The molecule has 1 N–H and O–H groups in total. The second kappa shape index (κ2) is 5.89. The highest BCUT2D eigenvalue weighted by Crippen LogP contribution is 2.20. The van der Waals surface area contributed by atoms with E-state index in [1.807, 2.05) is 0 Å². The third-order valence-electron chi connectivity index (χ3n) is 2.40. The Hall–Kier alpha value is 0.140. The molecule has 0 fully saturated rings. The van der Waals surface area contributed by atoms with Crippen molar-refractivity contribution in [3.8, 4) is 0 Å². The van der Waals surface area contributed by atoms with E-state index in [1.54, 1.807) is 11.3 Å². The molecule has 0 spiro atoms. The Morgan fingerprint density at radius 1 is 1.50 bits per heavy atom. The van der Waals surface area contributed by atoms with Gasteiger partial charge in [-0.05, 0) is 34.3 Å². The molecule has 0 unspecified atom stereocenters. The van der Waals surface area contributed by atoms with E-state index in [0.717, 1.165) is 6.54 Å². The second-order valence-electron chi connectivity index (χ2n) is 3.87. The lowest BCUT2D eigenvalue weighted by atomic mass is 10.0. The molecule has 0 amide bonds. The molecule has 0 aliphatic carbocycles. The van der Waals surface area contributed by atoms with E-state index in [9.17, 15) is 0 Å². The van der Waals surface area contributed by atoms with Crippen LogP contribution < -0.4 is 5.32 Å². The first-order valence-electron chi connectivity index (χ1n) is 5.09. The molecule has 14 heavy (non-hydrogen) atoms. The Morgan fingerprint density at radius 3 is 2.64 bits per heavy atom. The Labute approximate surface area is 99.0 Å². The van der Waals surface area contributed by atoms with Gasteiger partial charge in [-0.25, -0.2) is 0 Å². The molecule has 1 aromatic rings. The van der Waals surface area contributed by atoms with Crippen molar-refractivity contribution in [2.24, 2.45) is 5.92 Å². The van der Waals surface area contributed by atoms with Gasteiger partial charge < -0.3 is 5.32 Å². The highest BCUT2D eigenvalue weighted by atomic mass is 79.9. The summed E-state index contributed by atoms with van der Waals surface area (Å²) in [6.07, 6.45) is 1.20. The molecule has 1 atom stereocenters. The molecule has 1 nitrogen and oxygen atoms in total. The summed E-state index contributed by atoms with van der Waals surface area (Å²) in [6, 6.07) is 2.82. The van der Waals surface area contributed by atoms with Crippen LogP contribution in [0, 0.1) is 5.92 Å². The third-order valence-corrected chi connectivity index (χ3v) is 4.10. The van der Waals surface area contributed by atoms with E-state index in [1.165, 1.54) is 15.8 Å². The quantitative estimate of drug-likeness (QED) is 0.856. The average molecular weight is 276 g/mol. The van der Waals surface area contributed by atoms with Gasteiger partial charge in [-0.1, -0.05) is 20.8 Å². The van der Waals surface area contributed by atoms with Crippen molar-refractivity contribution in [3.05, 3.63) is 20.8 Å². The second-order valence-corrected chi connectivity index (χ2v) is 5.78. The van der Waals surface area contributed by atoms with Gasteiger partial charge in [0.25, 0.3) is 0 Å². The molecule has 0 saturated carbocycles. The summed E-state index contributed by atoms with van der Waals surface area (Å²) >= 11 is 5.27. The SMILES string of the molecule is CC[C@H](NCc1cc(Br)cs1)C(C)C. The molecule has 80 valence electrons. The number of hydrogen-bond donors (Lipinski definition) is 1. The van der Waals surface area contributed by atoms with Crippen molar-refractivity contribution >= 4 is 27.3 Å². The summed E-state index contributed by atoms with van der Waals surface area (Å²) in [5.41, 5.74) is 0. The summed E-state index contributed by atoms with van der Waals surface area (Å²) in [4.78, 5) is 1.40. The first kappa shape index (κ1) is 12.2. The molecule has 1 aromatic heterocycles. The van der Waals surface area contributed by atoms with Crippen molar-refractivity contribution < 1.29 is 0 Å². The molecule has 0 aliphatic rings. The van der Waals surface area contributed by atoms with Crippen molar-refractivity contribution in [1.29, 1.82) is 0 Å². The van der Waals surface area contributed by atoms with E-state index < -0.39 is 0 Å². The number of hydrogen-bond acceptors (Lipinski definition) is 2. The predicted octanol–water partition coefficient (Wildman–Crippen LogP) is 4.03. The topological polar surface area (TPSA) is 12.0 Å². The first-order chi connectivity index (χ1) is 6.63. The van der Waals surface area contributed by atoms with Crippen LogP contribution in [-0.4, -0.2) is 6.04 Å². The Balaban J connectivity index is 2.39. The largest absolute Gasteiger partial charge is 0.309 e. The summed E-state index contributed by atoms with van der Waals surface area (Å²) < 4.78 is 1.19. The fourth-order valence-electron chi connectivity index (χ4n) is 1.53. The van der Waals surface area contributed by atoms with E-state index in [2.05, 4.69) is 53.5 Å². The van der Waals surface area contributed by atoms with Crippen molar-refractivity contribution in [2.75, 3.05) is 0 Å². The van der Waals surface area contributed by atoms with Crippen LogP contribution in [0.3, 0.4) is 0 Å². The summed E-state index contributed by atoms with van der Waals surface area (Å²) in [5.74, 6) is 0.711. The zero-order valence-electron chi connectivity index (χ0n) is 9.01. The minimum Gasteiger partial charge on any atom is -0.309 e. The molecular formula is C11H18BrNS. The van der Waals surface area contributed by atoms with E-state index in [0.29, 0.717) is 12.0 Å². The van der Waals surface area contributed by atoms with Gasteiger partial charge >= 0.3 is 0 Å². The molecule has 0 bridgehead atoms. The number of nitrogens with one attached hydrogen (secondary N) is 1. The highest BCUT2D eigenvalue weighted by molar-refractivity contribution is 9.10. The standard InChI is InChI=1S/C11H18BrNS/c1-4-11(8(2)3)13-6-10-5-9(12)7-14-10/h5,7-8,11,13H,4,6H2,1-3H3/t11-/m0/s1. The van der Waals surface area contributed by atoms with Crippen LogP contribution in [0.4, 0.5) is 0 Å². The molecule has 1 heterocycles. The monoisotopic (exact) mass is 275 g/mol. The smallest absolute Gasteiger partial charge is 0.0302 e. The summed E-state index contributed by atoms with van der Waals surface area (Å²) in [5, 5.41) is 5.72. The van der Waals surface area contributed by atoms with Crippen molar-refractivity contribution in [2.45, 2.75) is 39.8 Å². The number of halogens is 1.